The third-order valence-electron chi connectivity index (χ3n) is 6.58. The monoisotopic (exact) mass is 439 g/mol. The first-order valence-corrected chi connectivity index (χ1v) is 12.4. The largest absolute Gasteiger partial charge is 0.343 e. The van der Waals surface area contributed by atoms with E-state index in [4.69, 9.17) is 4.52 Å². The number of hydrogen-bond acceptors (Lipinski definition) is 7. The van der Waals surface area contributed by atoms with Crippen molar-refractivity contribution in [2.24, 2.45) is 5.92 Å². The molecule has 166 valence electrons. The summed E-state index contributed by atoms with van der Waals surface area (Å²) in [6.45, 7) is 4.97. The summed E-state index contributed by atoms with van der Waals surface area (Å²) in [5.74, 6) is 1.57. The predicted octanol–water partition coefficient (Wildman–Crippen LogP) is 0.393. The van der Waals surface area contributed by atoms with E-state index < -0.39 is 10.0 Å². The Morgan fingerprint density at radius 2 is 1.60 bits per heavy atom. The fraction of sp³-hybridized carbons (Fsp3) is 0.789. The summed E-state index contributed by atoms with van der Waals surface area (Å²) in [4.78, 5) is 32.3. The SMILES string of the molecule is CC(=O)N1CCC(C(=O)N2CC(c3nc(C4CCN(S(C)(=O)=O)CC4)no3)C2)CC1. The summed E-state index contributed by atoms with van der Waals surface area (Å²) >= 11 is 0. The molecule has 1 aromatic heterocycles. The highest BCUT2D eigenvalue weighted by Crippen LogP contribution is 2.32. The molecule has 0 aromatic carbocycles. The normalized spacial score (nSPS) is 22.9. The van der Waals surface area contributed by atoms with Crippen LogP contribution in [0.4, 0.5) is 0 Å². The van der Waals surface area contributed by atoms with Crippen LogP contribution in [-0.2, 0) is 19.6 Å². The average Bonchev–Trinajstić information content (AvgIpc) is 3.16. The quantitative estimate of drug-likeness (QED) is 0.666. The third kappa shape index (κ3) is 4.36. The maximum absolute atomic E-state index is 12.7. The van der Waals surface area contributed by atoms with Crippen LogP contribution in [0, 0.1) is 5.92 Å². The Labute approximate surface area is 176 Å². The Balaban J connectivity index is 1.26. The Morgan fingerprint density at radius 1 is 0.967 bits per heavy atom. The highest BCUT2D eigenvalue weighted by Gasteiger charge is 2.39. The van der Waals surface area contributed by atoms with Crippen LogP contribution in [0.1, 0.15) is 56.2 Å². The average molecular weight is 440 g/mol. The molecule has 4 rings (SSSR count). The minimum Gasteiger partial charge on any atom is -0.343 e. The lowest BCUT2D eigenvalue weighted by Crippen LogP contribution is -2.52. The van der Waals surface area contributed by atoms with Crippen LogP contribution in [-0.4, -0.2) is 90.0 Å². The van der Waals surface area contributed by atoms with Crippen molar-refractivity contribution in [2.45, 2.75) is 44.4 Å². The standard InChI is InChI=1S/C19H29N5O5S/c1-13(25)22-7-3-15(4-8-22)19(26)23-11-16(12-23)18-20-17(21-29-18)14-5-9-24(10-6-14)30(2,27)28/h14-16H,3-12H2,1-2H3. The summed E-state index contributed by atoms with van der Waals surface area (Å²) in [5, 5.41) is 4.12. The van der Waals surface area contributed by atoms with Gasteiger partial charge in [-0.15, -0.1) is 0 Å². The highest BCUT2D eigenvalue weighted by molar-refractivity contribution is 7.88. The number of sulfonamides is 1. The van der Waals surface area contributed by atoms with Crippen molar-refractivity contribution in [3.8, 4) is 0 Å². The molecule has 4 heterocycles. The van der Waals surface area contributed by atoms with E-state index in [-0.39, 0.29) is 29.6 Å². The summed E-state index contributed by atoms with van der Waals surface area (Å²) < 4.78 is 30.2. The first-order chi connectivity index (χ1) is 14.2. The summed E-state index contributed by atoms with van der Waals surface area (Å²) in [7, 11) is -3.15. The van der Waals surface area contributed by atoms with Gasteiger partial charge in [0.25, 0.3) is 0 Å². The van der Waals surface area contributed by atoms with Crippen molar-refractivity contribution in [1.29, 1.82) is 0 Å². The third-order valence-corrected chi connectivity index (χ3v) is 7.88. The molecule has 3 fully saturated rings. The molecule has 0 N–H and O–H groups in total. The van der Waals surface area contributed by atoms with E-state index in [1.54, 1.807) is 11.8 Å². The van der Waals surface area contributed by atoms with Gasteiger partial charge in [-0.25, -0.2) is 12.7 Å². The van der Waals surface area contributed by atoms with Crippen LogP contribution in [0.5, 0.6) is 0 Å². The summed E-state index contributed by atoms with van der Waals surface area (Å²) in [6, 6.07) is 0. The minimum atomic E-state index is -3.15. The molecule has 0 saturated carbocycles. The van der Waals surface area contributed by atoms with Gasteiger partial charge in [0.1, 0.15) is 0 Å². The summed E-state index contributed by atoms with van der Waals surface area (Å²) in [6.07, 6.45) is 4.03. The number of piperidine rings is 2. The number of hydrogen-bond donors (Lipinski definition) is 0. The first kappa shape index (κ1) is 21.2. The summed E-state index contributed by atoms with van der Waals surface area (Å²) in [5.41, 5.74) is 0. The molecule has 2 amide bonds. The lowest BCUT2D eigenvalue weighted by Gasteiger charge is -2.41. The number of carbonyl (C=O) groups excluding carboxylic acids is 2. The fourth-order valence-corrected chi connectivity index (χ4v) is 5.41. The van der Waals surface area contributed by atoms with Gasteiger partial charge in [-0.2, -0.15) is 4.98 Å². The van der Waals surface area contributed by atoms with Crippen molar-refractivity contribution in [1.82, 2.24) is 24.2 Å². The van der Waals surface area contributed by atoms with Crippen molar-refractivity contribution in [2.75, 3.05) is 45.5 Å². The predicted molar refractivity (Wildman–Crippen MR) is 107 cm³/mol. The van der Waals surface area contributed by atoms with Crippen molar-refractivity contribution >= 4 is 21.8 Å². The first-order valence-electron chi connectivity index (χ1n) is 10.6. The second-order valence-corrected chi connectivity index (χ2v) is 10.6. The minimum absolute atomic E-state index is 0.0141. The molecule has 0 spiro atoms. The molecule has 0 aliphatic carbocycles. The maximum Gasteiger partial charge on any atom is 0.233 e. The molecule has 10 nitrogen and oxygen atoms in total. The van der Waals surface area contributed by atoms with E-state index in [0.717, 1.165) is 12.8 Å². The smallest absolute Gasteiger partial charge is 0.233 e. The second kappa shape index (κ2) is 8.26. The Bertz CT molecular complexity index is 894. The van der Waals surface area contributed by atoms with Crippen LogP contribution in [0.3, 0.4) is 0 Å². The molecule has 11 heteroatoms. The van der Waals surface area contributed by atoms with Crippen LogP contribution in [0.15, 0.2) is 4.52 Å². The topological polar surface area (TPSA) is 117 Å². The molecular formula is C19H29N5O5S. The lowest BCUT2D eigenvalue weighted by molar-refractivity contribution is -0.144. The van der Waals surface area contributed by atoms with Gasteiger partial charge in [-0.3, -0.25) is 9.59 Å². The van der Waals surface area contributed by atoms with Gasteiger partial charge in [0.15, 0.2) is 5.82 Å². The van der Waals surface area contributed by atoms with Gasteiger partial charge in [-0.1, -0.05) is 5.16 Å². The van der Waals surface area contributed by atoms with Gasteiger partial charge in [-0.05, 0) is 25.7 Å². The zero-order valence-electron chi connectivity index (χ0n) is 17.5. The zero-order valence-corrected chi connectivity index (χ0v) is 18.3. The fourth-order valence-electron chi connectivity index (χ4n) is 4.54. The number of nitrogens with zero attached hydrogens (tertiary/aromatic N) is 5. The Hall–Kier alpha value is -2.01. The number of aromatic nitrogens is 2. The van der Waals surface area contributed by atoms with Gasteiger partial charge >= 0.3 is 0 Å². The van der Waals surface area contributed by atoms with Crippen LogP contribution < -0.4 is 0 Å². The van der Waals surface area contributed by atoms with E-state index in [2.05, 4.69) is 10.1 Å². The van der Waals surface area contributed by atoms with Gasteiger partial charge in [0.2, 0.25) is 27.7 Å². The molecule has 3 aliphatic heterocycles. The molecule has 1 aromatic rings. The molecule has 0 bridgehead atoms. The van der Waals surface area contributed by atoms with Crippen molar-refractivity contribution < 1.29 is 22.5 Å². The van der Waals surface area contributed by atoms with E-state index in [1.807, 2.05) is 4.90 Å². The zero-order chi connectivity index (χ0) is 21.5. The van der Waals surface area contributed by atoms with Crippen molar-refractivity contribution in [3.63, 3.8) is 0 Å². The van der Waals surface area contributed by atoms with Gasteiger partial charge in [0, 0.05) is 58.0 Å². The molecular weight excluding hydrogens is 410 g/mol. The van der Waals surface area contributed by atoms with Gasteiger partial charge < -0.3 is 14.3 Å². The number of likely N-dealkylation sites (tertiary alicyclic amines) is 2. The van der Waals surface area contributed by atoms with E-state index in [1.165, 1.54) is 10.6 Å². The van der Waals surface area contributed by atoms with E-state index in [0.29, 0.717) is 63.8 Å². The number of amides is 2. The van der Waals surface area contributed by atoms with Crippen LogP contribution in [0.2, 0.25) is 0 Å². The molecule has 0 unspecified atom stereocenters. The van der Waals surface area contributed by atoms with Crippen molar-refractivity contribution in [3.05, 3.63) is 11.7 Å². The van der Waals surface area contributed by atoms with E-state index in [9.17, 15) is 18.0 Å². The van der Waals surface area contributed by atoms with Gasteiger partial charge in [0.05, 0.1) is 12.2 Å². The second-order valence-electron chi connectivity index (χ2n) is 8.65. The van der Waals surface area contributed by atoms with E-state index >= 15 is 0 Å². The lowest BCUT2D eigenvalue weighted by atomic mass is 9.91. The Kier molecular flexibility index (Phi) is 5.84. The molecule has 30 heavy (non-hydrogen) atoms. The highest BCUT2D eigenvalue weighted by atomic mass is 32.2. The Morgan fingerprint density at radius 3 is 2.17 bits per heavy atom. The number of rotatable bonds is 4. The molecule has 3 saturated heterocycles. The van der Waals surface area contributed by atoms with Crippen LogP contribution >= 0.6 is 0 Å². The molecule has 0 atom stereocenters. The molecule has 0 radical (unpaired) electrons. The maximum atomic E-state index is 12.7. The number of carbonyl (C=O) groups is 2. The van der Waals surface area contributed by atoms with Crippen LogP contribution in [0.25, 0.3) is 0 Å². The molecule has 3 aliphatic rings.